The van der Waals surface area contributed by atoms with E-state index in [1.54, 1.807) is 0 Å². The van der Waals surface area contributed by atoms with Gasteiger partial charge in [0.15, 0.2) is 0 Å². The SMILES string of the molecule is CC(NC(=O)N1CCC(O)C1)C(=O)O. The molecular formula is C8H14N2O4. The number of carbonyl (C=O) groups excluding carboxylic acids is 1. The largest absolute Gasteiger partial charge is 0.480 e. The van der Waals surface area contributed by atoms with E-state index < -0.39 is 24.1 Å². The highest BCUT2D eigenvalue weighted by Crippen LogP contribution is 2.08. The van der Waals surface area contributed by atoms with Gasteiger partial charge < -0.3 is 20.4 Å². The third kappa shape index (κ3) is 2.59. The molecule has 1 rings (SSSR count). The molecule has 0 aliphatic carbocycles. The van der Waals surface area contributed by atoms with Crippen molar-refractivity contribution in [1.82, 2.24) is 10.2 Å². The first-order chi connectivity index (χ1) is 6.50. The zero-order valence-corrected chi connectivity index (χ0v) is 7.93. The van der Waals surface area contributed by atoms with E-state index in [1.807, 2.05) is 0 Å². The molecule has 0 saturated carbocycles. The van der Waals surface area contributed by atoms with Crippen LogP contribution in [0.3, 0.4) is 0 Å². The average molecular weight is 202 g/mol. The first kappa shape index (κ1) is 10.8. The number of carboxylic acids is 1. The topological polar surface area (TPSA) is 89.9 Å². The average Bonchev–Trinajstić information content (AvgIpc) is 2.51. The number of carbonyl (C=O) groups is 2. The van der Waals surface area contributed by atoms with Crippen LogP contribution in [-0.4, -0.2) is 52.3 Å². The molecule has 0 spiro atoms. The highest BCUT2D eigenvalue weighted by molar-refractivity contribution is 5.82. The predicted octanol–water partition coefficient (Wildman–Crippen LogP) is -0.764. The van der Waals surface area contributed by atoms with Crippen molar-refractivity contribution in [3.63, 3.8) is 0 Å². The lowest BCUT2D eigenvalue weighted by Gasteiger charge is -2.18. The number of nitrogens with zero attached hydrogens (tertiary/aromatic N) is 1. The summed E-state index contributed by atoms with van der Waals surface area (Å²) in [6.07, 6.45) is 0.0652. The first-order valence-electron chi connectivity index (χ1n) is 4.47. The molecule has 2 unspecified atom stereocenters. The third-order valence-corrected chi connectivity index (χ3v) is 2.16. The Morgan fingerprint density at radius 2 is 2.21 bits per heavy atom. The number of rotatable bonds is 2. The lowest BCUT2D eigenvalue weighted by Crippen LogP contribution is -2.46. The summed E-state index contributed by atoms with van der Waals surface area (Å²) in [5.41, 5.74) is 0. The fourth-order valence-electron chi connectivity index (χ4n) is 1.26. The van der Waals surface area contributed by atoms with E-state index in [9.17, 15) is 9.59 Å². The number of carboxylic acid groups (broad SMARTS) is 1. The van der Waals surface area contributed by atoms with Crippen LogP contribution in [-0.2, 0) is 4.79 Å². The van der Waals surface area contributed by atoms with E-state index in [0.29, 0.717) is 13.0 Å². The number of β-amino-alcohol motifs (C(OH)–C–C–N with tert-alkyl or cyclic N) is 1. The number of likely N-dealkylation sites (tertiary alicyclic amines) is 1. The lowest BCUT2D eigenvalue weighted by atomic mass is 10.3. The quantitative estimate of drug-likeness (QED) is 0.548. The summed E-state index contributed by atoms with van der Waals surface area (Å²) in [5, 5.41) is 20.0. The summed E-state index contributed by atoms with van der Waals surface area (Å²) in [4.78, 5) is 23.2. The van der Waals surface area contributed by atoms with Gasteiger partial charge in [0.2, 0.25) is 0 Å². The summed E-state index contributed by atoms with van der Waals surface area (Å²) in [5.74, 6) is -1.07. The zero-order valence-electron chi connectivity index (χ0n) is 7.93. The summed E-state index contributed by atoms with van der Waals surface area (Å²) >= 11 is 0. The van der Waals surface area contributed by atoms with Crippen molar-refractivity contribution in [2.75, 3.05) is 13.1 Å². The van der Waals surface area contributed by atoms with Crippen LogP contribution in [0.5, 0.6) is 0 Å². The van der Waals surface area contributed by atoms with Gasteiger partial charge >= 0.3 is 12.0 Å². The lowest BCUT2D eigenvalue weighted by molar-refractivity contribution is -0.138. The number of aliphatic carboxylic acids is 1. The predicted molar refractivity (Wildman–Crippen MR) is 47.8 cm³/mol. The van der Waals surface area contributed by atoms with Gasteiger partial charge in [-0.15, -0.1) is 0 Å². The first-order valence-corrected chi connectivity index (χ1v) is 4.47. The van der Waals surface area contributed by atoms with E-state index in [0.717, 1.165) is 0 Å². The van der Waals surface area contributed by atoms with E-state index >= 15 is 0 Å². The van der Waals surface area contributed by atoms with Crippen LogP contribution in [0, 0.1) is 0 Å². The van der Waals surface area contributed by atoms with Crippen LogP contribution >= 0.6 is 0 Å². The van der Waals surface area contributed by atoms with Crippen molar-refractivity contribution in [2.24, 2.45) is 0 Å². The number of hydrogen-bond acceptors (Lipinski definition) is 3. The second-order valence-electron chi connectivity index (χ2n) is 3.40. The van der Waals surface area contributed by atoms with Gasteiger partial charge in [0.05, 0.1) is 6.10 Å². The summed E-state index contributed by atoms with van der Waals surface area (Å²) in [6, 6.07) is -1.34. The molecule has 2 atom stereocenters. The van der Waals surface area contributed by atoms with E-state index in [-0.39, 0.29) is 6.54 Å². The van der Waals surface area contributed by atoms with Gasteiger partial charge in [-0.2, -0.15) is 0 Å². The zero-order chi connectivity index (χ0) is 10.7. The highest BCUT2D eigenvalue weighted by atomic mass is 16.4. The van der Waals surface area contributed by atoms with E-state index in [4.69, 9.17) is 10.2 Å². The molecule has 1 aliphatic rings. The maximum absolute atomic E-state index is 11.3. The molecule has 1 saturated heterocycles. The van der Waals surface area contributed by atoms with Gasteiger partial charge in [-0.3, -0.25) is 4.79 Å². The van der Waals surface area contributed by atoms with Crippen LogP contribution in [0.1, 0.15) is 13.3 Å². The van der Waals surface area contributed by atoms with Crippen LogP contribution in [0.2, 0.25) is 0 Å². The minimum atomic E-state index is -1.07. The normalized spacial score (nSPS) is 23.3. The van der Waals surface area contributed by atoms with Gasteiger partial charge in [-0.05, 0) is 13.3 Å². The van der Waals surface area contributed by atoms with Gasteiger partial charge in [-0.1, -0.05) is 0 Å². The number of urea groups is 1. The molecule has 1 heterocycles. The Morgan fingerprint density at radius 3 is 2.64 bits per heavy atom. The smallest absolute Gasteiger partial charge is 0.325 e. The minimum absolute atomic E-state index is 0.276. The number of amides is 2. The third-order valence-electron chi connectivity index (χ3n) is 2.16. The fourth-order valence-corrected chi connectivity index (χ4v) is 1.26. The molecule has 0 aromatic heterocycles. The molecule has 6 nitrogen and oxygen atoms in total. The second-order valence-corrected chi connectivity index (χ2v) is 3.40. The van der Waals surface area contributed by atoms with Gasteiger partial charge in [0.25, 0.3) is 0 Å². The Bertz CT molecular complexity index is 243. The molecule has 6 heteroatoms. The molecule has 2 amide bonds. The van der Waals surface area contributed by atoms with E-state index in [2.05, 4.69) is 5.32 Å². The summed E-state index contributed by atoms with van der Waals surface area (Å²) in [7, 11) is 0. The Balaban J connectivity index is 2.39. The number of hydrogen-bond donors (Lipinski definition) is 3. The van der Waals surface area contributed by atoms with Crippen molar-refractivity contribution in [3.8, 4) is 0 Å². The monoisotopic (exact) mass is 202 g/mol. The number of aliphatic hydroxyl groups excluding tert-OH is 1. The van der Waals surface area contributed by atoms with Crippen LogP contribution < -0.4 is 5.32 Å². The molecule has 80 valence electrons. The highest BCUT2D eigenvalue weighted by Gasteiger charge is 2.26. The maximum Gasteiger partial charge on any atom is 0.325 e. The second kappa shape index (κ2) is 4.28. The van der Waals surface area contributed by atoms with Crippen molar-refractivity contribution >= 4 is 12.0 Å². The summed E-state index contributed by atoms with van der Waals surface area (Å²) < 4.78 is 0. The van der Waals surface area contributed by atoms with Crippen molar-refractivity contribution in [1.29, 1.82) is 0 Å². The molecule has 0 radical (unpaired) electrons. The van der Waals surface area contributed by atoms with Crippen LogP contribution in [0.25, 0.3) is 0 Å². The maximum atomic E-state index is 11.3. The molecule has 1 aliphatic heterocycles. The molecular weight excluding hydrogens is 188 g/mol. The summed E-state index contributed by atoms with van der Waals surface area (Å²) in [6.45, 7) is 2.14. The van der Waals surface area contributed by atoms with Gasteiger partial charge in [0.1, 0.15) is 6.04 Å². The van der Waals surface area contributed by atoms with Crippen LogP contribution in [0.15, 0.2) is 0 Å². The Morgan fingerprint density at radius 1 is 1.57 bits per heavy atom. The molecule has 0 aromatic carbocycles. The molecule has 14 heavy (non-hydrogen) atoms. The van der Waals surface area contributed by atoms with Crippen molar-refractivity contribution in [3.05, 3.63) is 0 Å². The standard InChI is InChI=1S/C8H14N2O4/c1-5(7(12)13)9-8(14)10-3-2-6(11)4-10/h5-6,11H,2-4H2,1H3,(H,9,14)(H,12,13). The Hall–Kier alpha value is -1.30. The van der Waals surface area contributed by atoms with Crippen molar-refractivity contribution in [2.45, 2.75) is 25.5 Å². The Labute approximate surface area is 81.5 Å². The van der Waals surface area contributed by atoms with Gasteiger partial charge in [0, 0.05) is 13.1 Å². The molecule has 0 bridgehead atoms. The van der Waals surface area contributed by atoms with Crippen LogP contribution in [0.4, 0.5) is 4.79 Å². The fraction of sp³-hybridized carbons (Fsp3) is 0.750. The van der Waals surface area contributed by atoms with Gasteiger partial charge in [-0.25, -0.2) is 4.79 Å². The Kier molecular flexibility index (Phi) is 3.29. The van der Waals surface area contributed by atoms with E-state index in [1.165, 1.54) is 11.8 Å². The molecule has 3 N–H and O–H groups in total. The number of aliphatic hydroxyl groups is 1. The molecule has 0 aromatic rings. The van der Waals surface area contributed by atoms with Crippen molar-refractivity contribution < 1.29 is 19.8 Å². The minimum Gasteiger partial charge on any atom is -0.480 e. The molecule has 1 fully saturated rings. The number of nitrogens with one attached hydrogen (secondary N) is 1.